The zero-order valence-electron chi connectivity index (χ0n) is 21.1. The van der Waals surface area contributed by atoms with Crippen molar-refractivity contribution in [2.75, 3.05) is 6.61 Å². The van der Waals surface area contributed by atoms with Gasteiger partial charge in [-0.05, 0) is 17.7 Å². The summed E-state index contributed by atoms with van der Waals surface area (Å²) in [7, 11) is 0. The van der Waals surface area contributed by atoms with Gasteiger partial charge in [0.15, 0.2) is 12.2 Å². The van der Waals surface area contributed by atoms with Gasteiger partial charge >= 0.3 is 24.0 Å². The third-order valence-electron chi connectivity index (χ3n) is 4.99. The summed E-state index contributed by atoms with van der Waals surface area (Å²) in [6.45, 7) is 2.32. The summed E-state index contributed by atoms with van der Waals surface area (Å²) in [5, 5.41) is 21.1. The van der Waals surface area contributed by atoms with Gasteiger partial charge in [0, 0.05) is 32.9 Å². The smallest absolute Gasteiger partial charge is 0.408 e. The van der Waals surface area contributed by atoms with Crippen molar-refractivity contribution >= 4 is 70.4 Å². The SMILES string of the molecule is CC(=O)OC[C@H]1O[C@H](OC(=N)C(Cl)(Cl)Cl)[C@H](NC(=O)OCc2ccc([N+](=O)[O-])cc2)[C@@H](OC(C)=O)[C@H]1OC(C)=O. The molecule has 220 valence electrons. The van der Waals surface area contributed by atoms with Gasteiger partial charge in [-0.2, -0.15) is 0 Å². The maximum absolute atomic E-state index is 12.7. The molecule has 0 spiro atoms. The average molecular weight is 629 g/mol. The number of nitro benzene ring substituents is 1. The average Bonchev–Trinajstić information content (AvgIpc) is 2.84. The number of non-ortho nitro benzene ring substituents is 1. The first kappa shape index (κ1) is 32.8. The molecule has 5 atom stereocenters. The molecule has 0 saturated carbocycles. The van der Waals surface area contributed by atoms with Crippen molar-refractivity contribution in [1.29, 1.82) is 5.41 Å². The number of carbonyl (C=O) groups is 4. The van der Waals surface area contributed by atoms with Crippen LogP contribution in [0.4, 0.5) is 10.5 Å². The van der Waals surface area contributed by atoms with E-state index in [9.17, 15) is 29.3 Å². The quantitative estimate of drug-likeness (QED) is 0.0771. The number of esters is 3. The number of alkyl carbamates (subject to hydrolysis) is 1. The summed E-state index contributed by atoms with van der Waals surface area (Å²) >= 11 is 17.1. The molecule has 1 saturated heterocycles. The zero-order chi connectivity index (χ0) is 30.2. The first-order valence-corrected chi connectivity index (χ1v) is 12.3. The molecule has 1 heterocycles. The Morgan fingerprint density at radius 1 is 0.975 bits per heavy atom. The highest BCUT2D eigenvalue weighted by Crippen LogP contribution is 2.32. The fourth-order valence-corrected chi connectivity index (χ4v) is 3.51. The number of hydrogen-bond donors (Lipinski definition) is 2. The molecule has 0 unspecified atom stereocenters. The number of nitro groups is 1. The van der Waals surface area contributed by atoms with E-state index in [1.165, 1.54) is 24.3 Å². The molecular weight excluding hydrogens is 605 g/mol. The number of alkyl halides is 3. The highest BCUT2D eigenvalue weighted by atomic mass is 35.6. The van der Waals surface area contributed by atoms with E-state index < -0.39 is 75.9 Å². The van der Waals surface area contributed by atoms with E-state index in [0.717, 1.165) is 20.8 Å². The van der Waals surface area contributed by atoms with Crippen LogP contribution in [0, 0.1) is 15.5 Å². The van der Waals surface area contributed by atoms with Gasteiger partial charge in [0.1, 0.15) is 25.4 Å². The van der Waals surface area contributed by atoms with Crippen LogP contribution in [0.3, 0.4) is 0 Å². The maximum Gasteiger partial charge on any atom is 0.408 e. The number of nitrogens with zero attached hydrogens (tertiary/aromatic N) is 1. The molecule has 0 aliphatic carbocycles. The molecule has 1 amide bonds. The largest absolute Gasteiger partial charge is 0.463 e. The Bertz CT molecular complexity index is 1130. The second kappa shape index (κ2) is 14.3. The van der Waals surface area contributed by atoms with Crippen molar-refractivity contribution in [3.8, 4) is 0 Å². The van der Waals surface area contributed by atoms with E-state index in [1.54, 1.807) is 0 Å². The first-order valence-electron chi connectivity index (χ1n) is 11.2. The van der Waals surface area contributed by atoms with Crippen molar-refractivity contribution in [3.05, 3.63) is 39.9 Å². The Kier molecular flexibility index (Phi) is 11.7. The third-order valence-corrected chi connectivity index (χ3v) is 5.51. The van der Waals surface area contributed by atoms with Gasteiger partial charge in [-0.1, -0.05) is 34.8 Å². The Morgan fingerprint density at radius 3 is 2.05 bits per heavy atom. The monoisotopic (exact) mass is 627 g/mol. The van der Waals surface area contributed by atoms with Crippen LogP contribution >= 0.6 is 34.8 Å². The van der Waals surface area contributed by atoms with Crippen LogP contribution in [0.5, 0.6) is 0 Å². The standard InChI is InChI=1S/C22H24Cl3N3O12/c1-10(29)35-9-15-17(37-11(2)30)18(38-12(3)31)16(19(39-15)40-20(26)22(23,24)25)27-21(32)36-8-13-4-6-14(7-5-13)28(33)34/h4-7,15-19,26H,8-9H2,1-3H3,(H,27,32)/t15-,16-,17+,18-,19-/m1/s1. The molecule has 1 aliphatic heterocycles. The van der Waals surface area contributed by atoms with Crippen molar-refractivity contribution < 1.29 is 52.5 Å². The number of halogens is 3. The van der Waals surface area contributed by atoms with Crippen LogP contribution in [0.1, 0.15) is 26.3 Å². The molecule has 1 fully saturated rings. The normalized spacial score (nSPS) is 22.3. The van der Waals surface area contributed by atoms with Crippen LogP contribution in [-0.4, -0.2) is 75.9 Å². The molecule has 0 aromatic heterocycles. The topological polar surface area (TPSA) is 203 Å². The van der Waals surface area contributed by atoms with E-state index in [4.69, 9.17) is 68.6 Å². The molecule has 0 bridgehead atoms. The fourth-order valence-electron chi connectivity index (χ4n) is 3.38. The van der Waals surface area contributed by atoms with E-state index in [1.807, 2.05) is 0 Å². The minimum Gasteiger partial charge on any atom is -0.463 e. The molecular formula is C22H24Cl3N3O12. The van der Waals surface area contributed by atoms with Gasteiger partial charge in [0.05, 0.1) is 4.92 Å². The summed E-state index contributed by atoms with van der Waals surface area (Å²) in [5.41, 5.74) is 0.218. The van der Waals surface area contributed by atoms with E-state index in [-0.39, 0.29) is 12.3 Å². The lowest BCUT2D eigenvalue weighted by Gasteiger charge is -2.44. The number of ether oxygens (including phenoxy) is 6. The van der Waals surface area contributed by atoms with E-state index in [2.05, 4.69) is 5.32 Å². The third kappa shape index (κ3) is 9.97. The Hall–Kier alpha value is -3.40. The van der Waals surface area contributed by atoms with Gasteiger partial charge < -0.3 is 33.7 Å². The minimum atomic E-state index is -2.38. The number of rotatable bonds is 9. The maximum atomic E-state index is 12.7. The molecule has 15 nitrogen and oxygen atoms in total. The van der Waals surface area contributed by atoms with Crippen LogP contribution in [0.2, 0.25) is 0 Å². The molecule has 18 heteroatoms. The molecule has 40 heavy (non-hydrogen) atoms. The van der Waals surface area contributed by atoms with Crippen LogP contribution < -0.4 is 5.32 Å². The van der Waals surface area contributed by atoms with Crippen LogP contribution in [-0.2, 0) is 49.4 Å². The van der Waals surface area contributed by atoms with Crippen molar-refractivity contribution in [2.24, 2.45) is 0 Å². The van der Waals surface area contributed by atoms with Gasteiger partial charge in [-0.25, -0.2) is 4.79 Å². The number of benzene rings is 1. The molecule has 2 rings (SSSR count). The molecule has 2 N–H and O–H groups in total. The lowest BCUT2D eigenvalue weighted by atomic mass is 9.96. The lowest BCUT2D eigenvalue weighted by molar-refractivity contribution is -0.384. The predicted molar refractivity (Wildman–Crippen MR) is 136 cm³/mol. The molecule has 1 aromatic carbocycles. The lowest BCUT2D eigenvalue weighted by Crippen LogP contribution is -2.67. The molecule has 0 radical (unpaired) electrons. The molecule has 1 aliphatic rings. The predicted octanol–water partition coefficient (Wildman–Crippen LogP) is 2.71. The fraction of sp³-hybridized carbons (Fsp3) is 0.500. The Balaban J connectivity index is 2.37. The van der Waals surface area contributed by atoms with Crippen molar-refractivity contribution in [3.63, 3.8) is 0 Å². The summed E-state index contributed by atoms with van der Waals surface area (Å²) in [6, 6.07) is 3.60. The number of amides is 1. The highest BCUT2D eigenvalue weighted by Gasteiger charge is 2.53. The number of carbonyl (C=O) groups excluding carboxylic acids is 4. The summed E-state index contributed by atoms with van der Waals surface area (Å²) < 4.78 is 29.4. The van der Waals surface area contributed by atoms with Gasteiger partial charge in [0.25, 0.3) is 9.48 Å². The second-order valence-corrected chi connectivity index (χ2v) is 10.4. The summed E-state index contributed by atoms with van der Waals surface area (Å²) in [6.07, 6.45) is -7.19. The van der Waals surface area contributed by atoms with Gasteiger partial charge in [-0.15, -0.1) is 0 Å². The molecule has 1 aromatic rings. The van der Waals surface area contributed by atoms with Crippen LogP contribution in [0.25, 0.3) is 0 Å². The summed E-state index contributed by atoms with van der Waals surface area (Å²) in [4.78, 5) is 58.3. The highest BCUT2D eigenvalue weighted by molar-refractivity contribution is 6.76. The van der Waals surface area contributed by atoms with E-state index >= 15 is 0 Å². The van der Waals surface area contributed by atoms with Crippen molar-refractivity contribution in [2.45, 2.75) is 61.8 Å². The minimum absolute atomic E-state index is 0.173. The first-order chi connectivity index (χ1) is 18.6. The second-order valence-electron chi connectivity index (χ2n) is 8.11. The van der Waals surface area contributed by atoms with Crippen molar-refractivity contribution in [1.82, 2.24) is 5.32 Å². The van der Waals surface area contributed by atoms with Gasteiger partial charge in [0.2, 0.25) is 12.2 Å². The zero-order valence-corrected chi connectivity index (χ0v) is 23.4. The van der Waals surface area contributed by atoms with Crippen LogP contribution in [0.15, 0.2) is 24.3 Å². The Labute approximate surface area is 241 Å². The summed E-state index contributed by atoms with van der Waals surface area (Å²) in [5.74, 6) is -3.40. The van der Waals surface area contributed by atoms with E-state index in [0.29, 0.717) is 5.56 Å². The van der Waals surface area contributed by atoms with Gasteiger partial charge in [-0.3, -0.25) is 29.9 Å². The number of nitrogens with one attached hydrogen (secondary N) is 2. The Morgan fingerprint density at radius 2 is 1.55 bits per heavy atom. The number of hydrogen-bond acceptors (Lipinski definition) is 13.